The Kier molecular flexibility index (Phi) is 3.25. The van der Waals surface area contributed by atoms with Gasteiger partial charge in [0.25, 0.3) is 0 Å². The number of carbonyl (C=O) groups is 1. The average Bonchev–Trinajstić information content (AvgIpc) is 2.91. The van der Waals surface area contributed by atoms with Crippen molar-refractivity contribution in [3.05, 3.63) is 17.5 Å². The highest BCUT2D eigenvalue weighted by atomic mass is 32.2. The van der Waals surface area contributed by atoms with Crippen LogP contribution >= 0.6 is 23.1 Å². The Labute approximate surface area is 126 Å². The third-order valence-corrected chi connectivity index (χ3v) is 6.00. The summed E-state index contributed by atoms with van der Waals surface area (Å²) in [5, 5.41) is 8.18. The molecule has 0 bridgehead atoms. The lowest BCUT2D eigenvalue weighted by Gasteiger charge is -2.29. The molecule has 106 valence electrons. The molecule has 20 heavy (non-hydrogen) atoms. The first-order chi connectivity index (χ1) is 9.43. The zero-order valence-corrected chi connectivity index (χ0v) is 13.7. The van der Waals surface area contributed by atoms with Crippen LogP contribution in [0.15, 0.2) is 10.5 Å². The summed E-state index contributed by atoms with van der Waals surface area (Å²) in [5.41, 5.74) is 2.12. The Morgan fingerprint density at radius 2 is 2.15 bits per heavy atom. The number of hydrogen-bond acceptors (Lipinski definition) is 5. The van der Waals surface area contributed by atoms with E-state index in [1.807, 2.05) is 17.9 Å². The van der Waals surface area contributed by atoms with Gasteiger partial charge in [0.1, 0.15) is 6.33 Å². The van der Waals surface area contributed by atoms with Gasteiger partial charge in [0.05, 0.1) is 9.09 Å². The highest BCUT2D eigenvalue weighted by Crippen LogP contribution is 2.47. The zero-order valence-electron chi connectivity index (χ0n) is 12.1. The van der Waals surface area contributed by atoms with Crippen molar-refractivity contribution in [3.63, 3.8) is 0 Å². The van der Waals surface area contributed by atoms with Crippen LogP contribution in [-0.2, 0) is 13.5 Å². The largest absolute Gasteiger partial charge is 0.316 e. The Morgan fingerprint density at radius 1 is 1.40 bits per heavy atom. The summed E-state index contributed by atoms with van der Waals surface area (Å²) >= 11 is 3.32. The lowest BCUT2D eigenvalue weighted by Crippen LogP contribution is -2.26. The molecule has 0 unspecified atom stereocenters. The molecule has 0 amide bonds. The van der Waals surface area contributed by atoms with E-state index < -0.39 is 0 Å². The van der Waals surface area contributed by atoms with Gasteiger partial charge in [0.15, 0.2) is 11.6 Å². The first-order valence-electron chi connectivity index (χ1n) is 6.50. The number of thiophene rings is 1. The number of hydrogen-bond donors (Lipinski definition) is 0. The normalized spacial score (nSPS) is 17.3. The number of rotatable bonds is 2. The van der Waals surface area contributed by atoms with E-state index in [9.17, 15) is 4.79 Å². The van der Waals surface area contributed by atoms with E-state index in [4.69, 9.17) is 0 Å². The number of thioether (sulfide) groups is 1. The van der Waals surface area contributed by atoms with Gasteiger partial charge in [0, 0.05) is 19.0 Å². The Balaban J connectivity index is 2.24. The first-order valence-corrected chi connectivity index (χ1v) is 8.54. The van der Waals surface area contributed by atoms with Gasteiger partial charge in [-0.25, -0.2) is 0 Å². The summed E-state index contributed by atoms with van der Waals surface area (Å²) in [6.07, 6.45) is 5.28. The molecular formula is C14H17N3OS2. The number of Topliss-reactive ketones (excluding diaryl/α,β-unsaturated/α-hetero) is 1. The van der Waals surface area contributed by atoms with Gasteiger partial charge >= 0.3 is 0 Å². The third kappa shape index (κ3) is 2.11. The minimum Gasteiger partial charge on any atom is -0.316 e. The molecule has 1 aliphatic rings. The maximum atomic E-state index is 12.5. The van der Waals surface area contributed by atoms with Crippen molar-refractivity contribution in [3.8, 4) is 10.7 Å². The fourth-order valence-electron chi connectivity index (χ4n) is 2.77. The molecule has 3 rings (SSSR count). The minimum absolute atomic E-state index is 0.0220. The Bertz CT molecular complexity index is 685. The van der Waals surface area contributed by atoms with E-state index in [2.05, 4.69) is 24.0 Å². The number of carbonyl (C=O) groups excluding carboxylic acids is 1. The highest BCUT2D eigenvalue weighted by Gasteiger charge is 2.36. The molecule has 0 radical (unpaired) electrons. The maximum absolute atomic E-state index is 12.5. The van der Waals surface area contributed by atoms with E-state index in [1.165, 1.54) is 0 Å². The van der Waals surface area contributed by atoms with Crippen LogP contribution in [-0.4, -0.2) is 26.8 Å². The van der Waals surface area contributed by atoms with Crippen molar-refractivity contribution >= 4 is 28.9 Å². The summed E-state index contributed by atoms with van der Waals surface area (Å²) in [7, 11) is 1.94. The molecule has 6 heteroatoms. The van der Waals surface area contributed by atoms with Crippen LogP contribution in [0.2, 0.25) is 0 Å². The summed E-state index contributed by atoms with van der Waals surface area (Å²) in [4.78, 5) is 13.6. The average molecular weight is 307 g/mol. The van der Waals surface area contributed by atoms with Gasteiger partial charge in [-0.3, -0.25) is 4.79 Å². The van der Waals surface area contributed by atoms with Crippen LogP contribution in [0, 0.1) is 5.41 Å². The van der Waals surface area contributed by atoms with E-state index in [-0.39, 0.29) is 11.2 Å². The van der Waals surface area contributed by atoms with Crippen molar-refractivity contribution < 1.29 is 4.79 Å². The first kappa shape index (κ1) is 13.8. The highest BCUT2D eigenvalue weighted by molar-refractivity contribution is 8.00. The molecule has 0 aliphatic heterocycles. The lowest BCUT2D eigenvalue weighted by atomic mass is 9.74. The van der Waals surface area contributed by atoms with Gasteiger partial charge in [-0.05, 0) is 23.7 Å². The SMILES string of the molecule is CSc1sc(-c2nncn2C)c2c1C(=O)CC(C)(C)C2. The fraction of sp³-hybridized carbons (Fsp3) is 0.500. The summed E-state index contributed by atoms with van der Waals surface area (Å²) in [5.74, 6) is 1.13. The monoisotopic (exact) mass is 307 g/mol. The van der Waals surface area contributed by atoms with Crippen LogP contribution in [0.4, 0.5) is 0 Å². The van der Waals surface area contributed by atoms with Crippen molar-refractivity contribution in [2.24, 2.45) is 12.5 Å². The maximum Gasteiger partial charge on any atom is 0.173 e. The summed E-state index contributed by atoms with van der Waals surface area (Å²) < 4.78 is 3.03. The second kappa shape index (κ2) is 4.70. The fourth-order valence-corrected chi connectivity index (χ4v) is 4.89. The molecule has 0 atom stereocenters. The Hall–Kier alpha value is -1.14. The second-order valence-corrected chi connectivity index (χ2v) is 8.08. The van der Waals surface area contributed by atoms with Gasteiger partial charge in [-0.2, -0.15) is 0 Å². The molecule has 0 fully saturated rings. The van der Waals surface area contributed by atoms with E-state index >= 15 is 0 Å². The number of fused-ring (bicyclic) bond motifs is 1. The molecule has 2 heterocycles. The second-order valence-electron chi connectivity index (χ2n) is 5.98. The molecule has 2 aromatic heterocycles. The van der Waals surface area contributed by atoms with Crippen LogP contribution in [0.25, 0.3) is 10.7 Å². The van der Waals surface area contributed by atoms with Gasteiger partial charge in [-0.15, -0.1) is 33.3 Å². The van der Waals surface area contributed by atoms with Crippen LogP contribution in [0.1, 0.15) is 36.2 Å². The molecule has 2 aromatic rings. The Morgan fingerprint density at radius 3 is 2.75 bits per heavy atom. The number of aryl methyl sites for hydroxylation is 1. The van der Waals surface area contributed by atoms with Crippen molar-refractivity contribution in [2.45, 2.75) is 30.9 Å². The molecular weight excluding hydrogens is 290 g/mol. The van der Waals surface area contributed by atoms with E-state index in [1.54, 1.807) is 29.4 Å². The van der Waals surface area contributed by atoms with E-state index in [0.717, 1.165) is 32.5 Å². The minimum atomic E-state index is 0.0220. The predicted molar refractivity (Wildman–Crippen MR) is 82.5 cm³/mol. The molecule has 0 spiro atoms. The van der Waals surface area contributed by atoms with Crippen molar-refractivity contribution in [2.75, 3.05) is 6.26 Å². The molecule has 1 aliphatic carbocycles. The standard InChI is InChI=1S/C14H17N3OS2/c1-14(2)5-8-10(9(18)6-14)13(19-4)20-11(8)12-16-15-7-17(12)3/h7H,5-6H2,1-4H3. The van der Waals surface area contributed by atoms with Crippen LogP contribution < -0.4 is 0 Å². The van der Waals surface area contributed by atoms with Crippen molar-refractivity contribution in [1.29, 1.82) is 0 Å². The molecule has 0 N–H and O–H groups in total. The van der Waals surface area contributed by atoms with Crippen LogP contribution in [0.3, 0.4) is 0 Å². The quantitative estimate of drug-likeness (QED) is 0.798. The van der Waals surface area contributed by atoms with Gasteiger partial charge in [-0.1, -0.05) is 13.8 Å². The predicted octanol–water partition coefficient (Wildman–Crippen LogP) is 3.42. The number of nitrogens with zero attached hydrogens (tertiary/aromatic N) is 3. The van der Waals surface area contributed by atoms with E-state index in [0.29, 0.717) is 6.42 Å². The summed E-state index contributed by atoms with van der Waals surface area (Å²) in [6.45, 7) is 4.31. The molecule has 0 saturated carbocycles. The van der Waals surface area contributed by atoms with Crippen molar-refractivity contribution in [1.82, 2.24) is 14.8 Å². The molecule has 0 saturated heterocycles. The zero-order chi connectivity index (χ0) is 14.5. The third-order valence-electron chi connectivity index (χ3n) is 3.65. The smallest absolute Gasteiger partial charge is 0.173 e. The van der Waals surface area contributed by atoms with Gasteiger partial charge in [0.2, 0.25) is 0 Å². The molecule has 4 nitrogen and oxygen atoms in total. The number of aromatic nitrogens is 3. The van der Waals surface area contributed by atoms with Gasteiger partial charge < -0.3 is 4.57 Å². The van der Waals surface area contributed by atoms with Crippen LogP contribution in [0.5, 0.6) is 0 Å². The number of ketones is 1. The topological polar surface area (TPSA) is 47.8 Å². The lowest BCUT2D eigenvalue weighted by molar-refractivity contribution is 0.0910. The summed E-state index contributed by atoms with van der Waals surface area (Å²) in [6, 6.07) is 0. The molecule has 0 aromatic carbocycles.